The molecule has 0 amide bonds. The Morgan fingerprint density at radius 1 is 0.742 bits per heavy atom. The van der Waals surface area contributed by atoms with E-state index in [4.69, 9.17) is 0 Å². The summed E-state index contributed by atoms with van der Waals surface area (Å²) >= 11 is 0. The Morgan fingerprint density at radius 2 is 1.35 bits per heavy atom. The summed E-state index contributed by atoms with van der Waals surface area (Å²) in [4.78, 5) is 0.503. The lowest BCUT2D eigenvalue weighted by Crippen LogP contribution is -2.01. The van der Waals surface area contributed by atoms with E-state index in [-0.39, 0.29) is 9.79 Å². The third kappa shape index (κ3) is 3.39. The number of hydrogen-bond acceptors (Lipinski definition) is 5. The van der Waals surface area contributed by atoms with E-state index >= 15 is 0 Å². The van der Waals surface area contributed by atoms with Crippen LogP contribution in [0.3, 0.4) is 0 Å². The molecule has 0 aliphatic rings. The predicted molar refractivity (Wildman–Crippen MR) is 119 cm³/mol. The molecule has 0 aliphatic carbocycles. The molecule has 7 heteroatoms. The van der Waals surface area contributed by atoms with Crippen LogP contribution in [0, 0.1) is 6.92 Å². The van der Waals surface area contributed by atoms with Gasteiger partial charge in [0.2, 0.25) is 9.84 Å². The van der Waals surface area contributed by atoms with Gasteiger partial charge in [-0.2, -0.15) is 10.2 Å². The van der Waals surface area contributed by atoms with Crippen LogP contribution < -0.4 is 0 Å². The van der Waals surface area contributed by atoms with Gasteiger partial charge in [0.05, 0.1) is 26.6 Å². The largest absolute Gasteiger partial charge is 0.240 e. The maximum Gasteiger partial charge on any atom is 0.206 e. The maximum absolute atomic E-state index is 12.9. The lowest BCUT2D eigenvalue weighted by Gasteiger charge is -2.06. The molecule has 152 valence electrons. The molecule has 0 radical (unpaired) electrons. The number of sulfone groups is 1. The molecule has 0 spiro atoms. The SMILES string of the molecule is Cc1nnc(-c2ccc(S(=O)(=O)c3ccccc3)cc2)c2cn(-c3ccccc3)nc12. The average Bonchev–Trinajstić information content (AvgIpc) is 3.27. The minimum absolute atomic E-state index is 0.235. The van der Waals surface area contributed by atoms with Gasteiger partial charge in [-0.05, 0) is 43.3 Å². The van der Waals surface area contributed by atoms with Crippen LogP contribution in [0.5, 0.6) is 0 Å². The van der Waals surface area contributed by atoms with E-state index in [0.29, 0.717) is 5.69 Å². The molecule has 0 saturated heterocycles. The third-order valence-electron chi connectivity index (χ3n) is 5.12. The standard InChI is InChI=1S/C24H18N4O2S/c1-17-23-22(16-28(27-23)19-8-4-2-5-9-19)24(26-25-17)18-12-14-21(15-13-18)31(29,30)20-10-6-3-7-11-20/h2-16H,1H3. The number of hydrogen-bond donors (Lipinski definition) is 0. The number of fused-ring (bicyclic) bond motifs is 1. The summed E-state index contributed by atoms with van der Waals surface area (Å²) in [6, 6.07) is 24.9. The van der Waals surface area contributed by atoms with Gasteiger partial charge in [-0.3, -0.25) is 0 Å². The molecule has 0 fully saturated rings. The normalized spacial score (nSPS) is 11.6. The van der Waals surface area contributed by atoms with Crippen LogP contribution in [0.15, 0.2) is 101 Å². The van der Waals surface area contributed by atoms with Crippen molar-refractivity contribution >= 4 is 20.7 Å². The number of para-hydroxylation sites is 1. The lowest BCUT2D eigenvalue weighted by molar-refractivity contribution is 0.596. The molecule has 2 heterocycles. The highest BCUT2D eigenvalue weighted by Gasteiger charge is 2.18. The first kappa shape index (κ1) is 19.1. The molecule has 5 aromatic rings. The number of aromatic nitrogens is 4. The molecule has 0 aliphatic heterocycles. The van der Waals surface area contributed by atoms with Crippen molar-refractivity contribution < 1.29 is 8.42 Å². The van der Waals surface area contributed by atoms with E-state index in [1.807, 2.05) is 43.5 Å². The second-order valence-corrected chi connectivity index (χ2v) is 9.10. The highest BCUT2D eigenvalue weighted by molar-refractivity contribution is 7.91. The Hall–Kier alpha value is -3.84. The monoisotopic (exact) mass is 426 g/mol. The molecule has 3 aromatic carbocycles. The quantitative estimate of drug-likeness (QED) is 0.419. The first-order valence-corrected chi connectivity index (χ1v) is 11.2. The van der Waals surface area contributed by atoms with E-state index in [1.165, 1.54) is 0 Å². The summed E-state index contributed by atoms with van der Waals surface area (Å²) in [6.07, 6.45) is 1.93. The van der Waals surface area contributed by atoms with Crippen LogP contribution in [-0.2, 0) is 9.84 Å². The number of rotatable bonds is 4. The smallest absolute Gasteiger partial charge is 0.206 e. The molecule has 2 aromatic heterocycles. The summed E-state index contributed by atoms with van der Waals surface area (Å²) in [7, 11) is -3.57. The fourth-order valence-corrected chi connectivity index (χ4v) is 4.78. The van der Waals surface area contributed by atoms with Crippen molar-refractivity contribution in [3.05, 3.63) is 96.8 Å². The number of aryl methyl sites for hydroxylation is 1. The number of benzene rings is 3. The Morgan fingerprint density at radius 3 is 2.03 bits per heavy atom. The highest BCUT2D eigenvalue weighted by atomic mass is 32.2. The van der Waals surface area contributed by atoms with Gasteiger partial charge in [-0.15, -0.1) is 5.10 Å². The molecular formula is C24H18N4O2S. The second-order valence-electron chi connectivity index (χ2n) is 7.15. The van der Waals surface area contributed by atoms with Crippen LogP contribution in [0.25, 0.3) is 27.8 Å². The Bertz CT molecular complexity index is 1480. The van der Waals surface area contributed by atoms with E-state index in [1.54, 1.807) is 59.3 Å². The summed E-state index contributed by atoms with van der Waals surface area (Å²) in [5.41, 5.74) is 3.86. The fourth-order valence-electron chi connectivity index (χ4n) is 3.49. The van der Waals surface area contributed by atoms with Crippen molar-refractivity contribution in [2.75, 3.05) is 0 Å². The lowest BCUT2D eigenvalue weighted by atomic mass is 10.1. The van der Waals surface area contributed by atoms with Gasteiger partial charge in [0, 0.05) is 11.8 Å². The zero-order chi connectivity index (χ0) is 21.4. The molecule has 0 bridgehead atoms. The Labute approximate surface area is 179 Å². The Kier molecular flexibility index (Phi) is 4.60. The van der Waals surface area contributed by atoms with Gasteiger partial charge in [0.1, 0.15) is 11.2 Å². The molecule has 0 unspecified atom stereocenters. The highest BCUT2D eigenvalue weighted by Crippen LogP contribution is 2.29. The summed E-state index contributed by atoms with van der Waals surface area (Å²) < 4.78 is 27.5. The minimum Gasteiger partial charge on any atom is -0.240 e. The fraction of sp³-hybridized carbons (Fsp3) is 0.0417. The van der Waals surface area contributed by atoms with Gasteiger partial charge in [-0.1, -0.05) is 48.5 Å². The predicted octanol–water partition coefficient (Wildman–Crippen LogP) is 4.62. The van der Waals surface area contributed by atoms with Crippen molar-refractivity contribution in [3.63, 3.8) is 0 Å². The summed E-state index contributed by atoms with van der Waals surface area (Å²) in [6.45, 7) is 1.87. The minimum atomic E-state index is -3.57. The number of nitrogens with zero attached hydrogens (tertiary/aromatic N) is 4. The molecule has 31 heavy (non-hydrogen) atoms. The molecule has 0 atom stereocenters. The molecule has 0 saturated carbocycles. The first-order chi connectivity index (χ1) is 15.0. The molecule has 6 nitrogen and oxygen atoms in total. The van der Waals surface area contributed by atoms with Crippen LogP contribution in [-0.4, -0.2) is 28.4 Å². The van der Waals surface area contributed by atoms with Gasteiger partial charge < -0.3 is 0 Å². The van der Waals surface area contributed by atoms with E-state index in [0.717, 1.165) is 27.8 Å². The third-order valence-corrected chi connectivity index (χ3v) is 6.91. The zero-order valence-corrected chi connectivity index (χ0v) is 17.5. The van der Waals surface area contributed by atoms with E-state index in [9.17, 15) is 8.42 Å². The second kappa shape index (κ2) is 7.45. The van der Waals surface area contributed by atoms with Gasteiger partial charge in [0.25, 0.3) is 0 Å². The average molecular weight is 427 g/mol. The van der Waals surface area contributed by atoms with Gasteiger partial charge in [0.15, 0.2) is 0 Å². The summed E-state index contributed by atoms with van der Waals surface area (Å²) in [5.74, 6) is 0. The zero-order valence-electron chi connectivity index (χ0n) is 16.7. The van der Waals surface area contributed by atoms with Gasteiger partial charge >= 0.3 is 0 Å². The summed E-state index contributed by atoms with van der Waals surface area (Å²) in [5, 5.41) is 14.2. The van der Waals surface area contributed by atoms with Crippen molar-refractivity contribution in [1.29, 1.82) is 0 Å². The maximum atomic E-state index is 12.9. The van der Waals surface area contributed by atoms with Crippen LogP contribution in [0.1, 0.15) is 5.69 Å². The van der Waals surface area contributed by atoms with Crippen LogP contribution in [0.2, 0.25) is 0 Å². The molecule has 5 rings (SSSR count). The van der Waals surface area contributed by atoms with Crippen molar-refractivity contribution in [1.82, 2.24) is 20.0 Å². The van der Waals surface area contributed by atoms with Crippen LogP contribution in [0.4, 0.5) is 0 Å². The van der Waals surface area contributed by atoms with Gasteiger partial charge in [-0.25, -0.2) is 13.1 Å². The molecule has 0 N–H and O–H groups in total. The van der Waals surface area contributed by atoms with Crippen LogP contribution >= 0.6 is 0 Å². The van der Waals surface area contributed by atoms with Crippen molar-refractivity contribution in [3.8, 4) is 16.9 Å². The van der Waals surface area contributed by atoms with Crippen molar-refractivity contribution in [2.45, 2.75) is 16.7 Å². The topological polar surface area (TPSA) is 77.7 Å². The van der Waals surface area contributed by atoms with E-state index in [2.05, 4.69) is 15.3 Å². The van der Waals surface area contributed by atoms with Crippen molar-refractivity contribution in [2.24, 2.45) is 0 Å². The van der Waals surface area contributed by atoms with E-state index < -0.39 is 9.84 Å². The first-order valence-electron chi connectivity index (χ1n) is 9.73. The Balaban J connectivity index is 1.59. The molecular weight excluding hydrogens is 408 g/mol.